The maximum absolute atomic E-state index is 5.77. The summed E-state index contributed by atoms with van der Waals surface area (Å²) in [6.07, 6.45) is 0. The van der Waals surface area contributed by atoms with Gasteiger partial charge in [-0.1, -0.05) is 0 Å². The van der Waals surface area contributed by atoms with E-state index in [0.717, 1.165) is 24.6 Å². The fourth-order valence-corrected chi connectivity index (χ4v) is 1.78. The zero-order valence-electron chi connectivity index (χ0n) is 9.47. The van der Waals surface area contributed by atoms with E-state index in [-0.39, 0.29) is 12.1 Å². The number of rotatable bonds is 10. The van der Waals surface area contributed by atoms with E-state index in [4.69, 9.17) is 11.5 Å². The molecular weight excluding hydrogens is 260 g/mol. The van der Waals surface area contributed by atoms with Crippen molar-refractivity contribution < 1.29 is 0 Å². The lowest BCUT2D eigenvalue weighted by molar-refractivity contribution is 0.462. The van der Waals surface area contributed by atoms with Gasteiger partial charge in [0.2, 0.25) is 0 Å². The zero-order valence-corrected chi connectivity index (χ0v) is 12.2. The molecule has 4 nitrogen and oxygen atoms in total. The van der Waals surface area contributed by atoms with Gasteiger partial charge in [0.25, 0.3) is 0 Å². The predicted octanol–water partition coefficient (Wildman–Crippen LogP) is -1.02. The molecular formula is C9H24N4S3. The Morgan fingerprint density at radius 2 is 1.44 bits per heavy atom. The highest BCUT2D eigenvalue weighted by Crippen LogP contribution is 1.91. The van der Waals surface area contributed by atoms with Gasteiger partial charge in [-0.2, -0.15) is 37.9 Å². The SMILES string of the molecule is NC[C@H](CS)NC[C@@H](CS)NC[C@H](N)CS. The number of thiol groups is 3. The Labute approximate surface area is 115 Å². The first-order chi connectivity index (χ1) is 7.67. The molecule has 16 heavy (non-hydrogen) atoms. The van der Waals surface area contributed by atoms with E-state index >= 15 is 0 Å². The van der Waals surface area contributed by atoms with Gasteiger partial charge in [0, 0.05) is 55.0 Å². The molecule has 0 aliphatic carbocycles. The molecule has 98 valence electrons. The van der Waals surface area contributed by atoms with Crippen molar-refractivity contribution in [2.24, 2.45) is 11.5 Å². The molecule has 0 radical (unpaired) electrons. The molecule has 0 aromatic rings. The Bertz CT molecular complexity index is 158. The van der Waals surface area contributed by atoms with Crippen LogP contribution in [0.3, 0.4) is 0 Å². The van der Waals surface area contributed by atoms with E-state index < -0.39 is 0 Å². The zero-order chi connectivity index (χ0) is 12.4. The third kappa shape index (κ3) is 8.05. The standard InChI is InChI=1S/C9H24N4S3/c10-1-8(5-15)13-3-9(6-16)12-2-7(11)4-14/h7-9,12-16H,1-6,10-11H2/t7-,8+,9-/m0/s1. The van der Waals surface area contributed by atoms with Crippen molar-refractivity contribution in [3.63, 3.8) is 0 Å². The lowest BCUT2D eigenvalue weighted by Gasteiger charge is -2.22. The highest BCUT2D eigenvalue weighted by Gasteiger charge is 2.10. The minimum atomic E-state index is 0.0842. The molecule has 0 heterocycles. The Kier molecular flexibility index (Phi) is 11.6. The molecule has 0 bridgehead atoms. The van der Waals surface area contributed by atoms with Crippen molar-refractivity contribution in [3.05, 3.63) is 0 Å². The third-order valence-corrected chi connectivity index (χ3v) is 3.63. The molecule has 0 aromatic heterocycles. The lowest BCUT2D eigenvalue weighted by Crippen LogP contribution is -2.49. The van der Waals surface area contributed by atoms with Crippen LogP contribution in [0.1, 0.15) is 0 Å². The molecule has 3 atom stereocenters. The highest BCUT2D eigenvalue weighted by molar-refractivity contribution is 7.80. The average Bonchev–Trinajstić information content (AvgIpc) is 2.33. The smallest absolute Gasteiger partial charge is 0.0281 e. The van der Waals surface area contributed by atoms with Crippen LogP contribution >= 0.6 is 37.9 Å². The summed E-state index contributed by atoms with van der Waals surface area (Å²) >= 11 is 12.6. The minimum absolute atomic E-state index is 0.0842. The van der Waals surface area contributed by atoms with E-state index in [2.05, 4.69) is 48.5 Å². The molecule has 0 aliphatic heterocycles. The third-order valence-electron chi connectivity index (χ3n) is 2.28. The van der Waals surface area contributed by atoms with Gasteiger partial charge >= 0.3 is 0 Å². The average molecular weight is 285 g/mol. The molecule has 0 saturated heterocycles. The molecule has 0 amide bonds. The molecule has 0 fully saturated rings. The van der Waals surface area contributed by atoms with Crippen LogP contribution in [-0.2, 0) is 0 Å². The molecule has 0 unspecified atom stereocenters. The summed E-state index contributed by atoms with van der Waals surface area (Å²) in [5.74, 6) is 2.18. The van der Waals surface area contributed by atoms with Gasteiger partial charge < -0.3 is 22.1 Å². The topological polar surface area (TPSA) is 76.1 Å². The van der Waals surface area contributed by atoms with Gasteiger partial charge in [-0.25, -0.2) is 0 Å². The van der Waals surface area contributed by atoms with Gasteiger partial charge in [0.15, 0.2) is 0 Å². The fraction of sp³-hybridized carbons (Fsp3) is 1.00. The Morgan fingerprint density at radius 1 is 0.875 bits per heavy atom. The monoisotopic (exact) mass is 284 g/mol. The van der Waals surface area contributed by atoms with Crippen molar-refractivity contribution in [2.75, 3.05) is 36.9 Å². The van der Waals surface area contributed by atoms with Gasteiger partial charge in [-0.3, -0.25) is 0 Å². The predicted molar refractivity (Wildman–Crippen MR) is 82.2 cm³/mol. The number of hydrogen-bond acceptors (Lipinski definition) is 7. The van der Waals surface area contributed by atoms with Gasteiger partial charge in [-0.15, -0.1) is 0 Å². The first kappa shape index (κ1) is 16.9. The van der Waals surface area contributed by atoms with Crippen LogP contribution in [0.25, 0.3) is 0 Å². The Hall–Kier alpha value is 0.890. The van der Waals surface area contributed by atoms with Crippen LogP contribution in [0.15, 0.2) is 0 Å². The maximum Gasteiger partial charge on any atom is 0.0281 e. The number of nitrogens with two attached hydrogens (primary N) is 2. The maximum atomic E-state index is 5.77. The molecule has 0 aromatic carbocycles. The van der Waals surface area contributed by atoms with Crippen LogP contribution in [0, 0.1) is 0 Å². The van der Waals surface area contributed by atoms with Gasteiger partial charge in [0.1, 0.15) is 0 Å². The molecule has 0 spiro atoms. The first-order valence-electron chi connectivity index (χ1n) is 5.42. The Balaban J connectivity index is 3.73. The first-order valence-corrected chi connectivity index (χ1v) is 7.32. The molecule has 0 saturated carbocycles. The van der Waals surface area contributed by atoms with Crippen LogP contribution in [0.2, 0.25) is 0 Å². The van der Waals surface area contributed by atoms with Gasteiger partial charge in [-0.05, 0) is 0 Å². The van der Waals surface area contributed by atoms with Crippen molar-refractivity contribution in [2.45, 2.75) is 18.1 Å². The summed E-state index contributed by atoms with van der Waals surface area (Å²) in [6.45, 7) is 2.18. The second-order valence-corrected chi connectivity index (χ2v) is 4.85. The van der Waals surface area contributed by atoms with Crippen LogP contribution in [0.5, 0.6) is 0 Å². The van der Waals surface area contributed by atoms with Crippen LogP contribution < -0.4 is 22.1 Å². The molecule has 6 N–H and O–H groups in total. The summed E-state index contributed by atoms with van der Waals surface area (Å²) in [4.78, 5) is 0. The van der Waals surface area contributed by atoms with Crippen molar-refractivity contribution in [1.82, 2.24) is 10.6 Å². The fourth-order valence-electron chi connectivity index (χ4n) is 1.12. The summed E-state index contributed by atoms with van der Waals surface area (Å²) in [7, 11) is 0. The molecule has 0 aliphatic rings. The molecule has 7 heteroatoms. The van der Waals surface area contributed by atoms with Crippen molar-refractivity contribution >= 4 is 37.9 Å². The minimum Gasteiger partial charge on any atom is -0.329 e. The summed E-state index contributed by atoms with van der Waals surface area (Å²) in [5, 5.41) is 6.68. The van der Waals surface area contributed by atoms with Crippen molar-refractivity contribution in [3.8, 4) is 0 Å². The second-order valence-electron chi connectivity index (χ2n) is 3.75. The lowest BCUT2D eigenvalue weighted by atomic mass is 10.2. The Morgan fingerprint density at radius 3 is 1.88 bits per heavy atom. The highest BCUT2D eigenvalue weighted by atomic mass is 32.1. The van der Waals surface area contributed by atoms with Crippen molar-refractivity contribution in [1.29, 1.82) is 0 Å². The summed E-state index contributed by atoms with van der Waals surface area (Å²) in [6, 6.07) is 0.634. The van der Waals surface area contributed by atoms with Crippen LogP contribution in [0.4, 0.5) is 0 Å². The normalized spacial score (nSPS) is 17.1. The van der Waals surface area contributed by atoms with E-state index in [1.807, 2.05) is 0 Å². The number of nitrogens with one attached hydrogen (secondary N) is 2. The quantitative estimate of drug-likeness (QED) is 0.262. The van der Waals surface area contributed by atoms with E-state index in [9.17, 15) is 0 Å². The van der Waals surface area contributed by atoms with E-state index in [1.54, 1.807) is 0 Å². The van der Waals surface area contributed by atoms with Gasteiger partial charge in [0.05, 0.1) is 0 Å². The number of hydrogen-bond donors (Lipinski definition) is 7. The second kappa shape index (κ2) is 11.0. The van der Waals surface area contributed by atoms with E-state index in [1.165, 1.54) is 0 Å². The van der Waals surface area contributed by atoms with E-state index in [0.29, 0.717) is 18.3 Å². The summed E-state index contributed by atoms with van der Waals surface area (Å²) < 4.78 is 0. The van der Waals surface area contributed by atoms with Crippen LogP contribution in [-0.4, -0.2) is 55.0 Å². The largest absolute Gasteiger partial charge is 0.329 e. The summed E-state index contributed by atoms with van der Waals surface area (Å²) in [5.41, 5.74) is 11.3. The molecule has 0 rings (SSSR count).